The first kappa shape index (κ1) is 21.7. The number of hydrogen-bond donors (Lipinski definition) is 4. The van der Waals surface area contributed by atoms with Crippen molar-refractivity contribution in [2.75, 3.05) is 45.2 Å². The van der Waals surface area contributed by atoms with Gasteiger partial charge in [-0.1, -0.05) is 24.3 Å². The molecular weight excluding hydrogens is 390 g/mol. The van der Waals surface area contributed by atoms with E-state index in [1.165, 1.54) is 17.5 Å². The zero-order valence-electron chi connectivity index (χ0n) is 18.2. The minimum atomic E-state index is -0.000200. The second-order valence-corrected chi connectivity index (χ2v) is 8.32. The fourth-order valence-electron chi connectivity index (χ4n) is 4.28. The number of ether oxygens (including phenoxy) is 1. The Kier molecular flexibility index (Phi) is 7.45. The van der Waals surface area contributed by atoms with Crippen LogP contribution in [0.4, 0.5) is 5.82 Å². The van der Waals surface area contributed by atoms with Crippen LogP contribution in [0, 0.1) is 5.41 Å². The molecule has 1 aromatic heterocycles. The average molecular weight is 424 g/mol. The third kappa shape index (κ3) is 6.00. The van der Waals surface area contributed by atoms with Gasteiger partial charge >= 0.3 is 0 Å². The number of aromatic nitrogens is 2. The van der Waals surface area contributed by atoms with E-state index in [1.807, 2.05) is 6.07 Å². The molecule has 0 amide bonds. The largest absolute Gasteiger partial charge is 0.378 e. The number of rotatable bonds is 8. The highest BCUT2D eigenvalue weighted by Gasteiger charge is 2.20. The Balaban J connectivity index is 1.27. The first-order valence-corrected chi connectivity index (χ1v) is 11.2. The van der Waals surface area contributed by atoms with E-state index in [4.69, 9.17) is 10.1 Å². The molecule has 2 aliphatic heterocycles. The number of fused-ring (bicyclic) bond motifs is 1. The van der Waals surface area contributed by atoms with Crippen molar-refractivity contribution in [3.8, 4) is 0 Å². The highest BCUT2D eigenvalue weighted by Crippen LogP contribution is 2.18. The minimum absolute atomic E-state index is 0.000200. The van der Waals surface area contributed by atoms with Crippen molar-refractivity contribution < 1.29 is 4.74 Å². The van der Waals surface area contributed by atoms with Crippen molar-refractivity contribution in [3.63, 3.8) is 0 Å². The molecule has 4 N–H and O–H groups in total. The topological polar surface area (TPSA) is 98.2 Å². The molecule has 8 heteroatoms. The number of piperidine rings is 1. The summed E-state index contributed by atoms with van der Waals surface area (Å²) in [7, 11) is 1.74. The highest BCUT2D eigenvalue weighted by molar-refractivity contribution is 5.95. The molecule has 0 saturated carbocycles. The molecule has 31 heavy (non-hydrogen) atoms. The fraction of sp³-hybridized carbons (Fsp3) is 0.522. The van der Waals surface area contributed by atoms with Crippen molar-refractivity contribution in [2.45, 2.75) is 38.0 Å². The lowest BCUT2D eigenvalue weighted by Gasteiger charge is -2.31. The van der Waals surface area contributed by atoms with Gasteiger partial charge in [-0.3, -0.25) is 10.3 Å². The molecule has 3 heterocycles. The number of nitrogens with zero attached hydrogens (tertiary/aromatic N) is 3. The maximum absolute atomic E-state index is 8.42. The molecule has 4 rings (SSSR count). The summed E-state index contributed by atoms with van der Waals surface area (Å²) in [5.41, 5.74) is 3.44. The first-order chi connectivity index (χ1) is 15.2. The molecule has 1 saturated heterocycles. The normalized spacial score (nSPS) is 18.2. The zero-order chi connectivity index (χ0) is 21.5. The van der Waals surface area contributed by atoms with E-state index in [0.29, 0.717) is 24.1 Å². The van der Waals surface area contributed by atoms with Crippen LogP contribution >= 0.6 is 0 Å². The summed E-state index contributed by atoms with van der Waals surface area (Å²) in [6.45, 7) is 5.42. The Morgan fingerprint density at radius 1 is 1.26 bits per heavy atom. The van der Waals surface area contributed by atoms with Crippen LogP contribution in [-0.4, -0.2) is 72.7 Å². The van der Waals surface area contributed by atoms with Crippen LogP contribution in [0.2, 0.25) is 0 Å². The van der Waals surface area contributed by atoms with Crippen LogP contribution in [0.1, 0.15) is 29.7 Å². The standard InChI is InChI=1S/C23H33N7O/c1-31-20(15-30-11-8-17-4-2-3-5-18(17)14-30)13-26-23(24)21-12-22(28-16-27-21)29-19-6-9-25-10-7-19/h2-5,12,16,19-20,25H,6-11,13-15H2,1H3,(H2,24,26)(H,27,28,29). The van der Waals surface area contributed by atoms with E-state index in [-0.39, 0.29) is 6.10 Å². The number of hydrogen-bond acceptors (Lipinski definition) is 7. The Morgan fingerprint density at radius 3 is 2.87 bits per heavy atom. The van der Waals surface area contributed by atoms with E-state index in [1.54, 1.807) is 7.11 Å². The van der Waals surface area contributed by atoms with Crippen molar-refractivity contribution in [3.05, 3.63) is 53.5 Å². The molecule has 0 spiro atoms. The number of anilines is 1. The highest BCUT2D eigenvalue weighted by atomic mass is 16.5. The summed E-state index contributed by atoms with van der Waals surface area (Å²) in [6, 6.07) is 10.9. The SMILES string of the molecule is COC(CNC(=N)c1cc(NC2CCNCC2)ncn1)CN1CCc2ccccc2C1. The van der Waals surface area contributed by atoms with Crippen LogP contribution in [-0.2, 0) is 17.7 Å². The van der Waals surface area contributed by atoms with E-state index in [2.05, 4.69) is 55.1 Å². The van der Waals surface area contributed by atoms with Gasteiger partial charge in [0.1, 0.15) is 23.7 Å². The third-order valence-corrected chi connectivity index (χ3v) is 6.13. The predicted molar refractivity (Wildman–Crippen MR) is 123 cm³/mol. The van der Waals surface area contributed by atoms with E-state index in [0.717, 1.165) is 57.8 Å². The maximum atomic E-state index is 8.42. The first-order valence-electron chi connectivity index (χ1n) is 11.2. The van der Waals surface area contributed by atoms with E-state index < -0.39 is 0 Å². The van der Waals surface area contributed by atoms with E-state index >= 15 is 0 Å². The van der Waals surface area contributed by atoms with Crippen molar-refractivity contribution in [2.24, 2.45) is 0 Å². The Hall–Kier alpha value is -2.55. The monoisotopic (exact) mass is 423 g/mol. The Labute approximate surface area is 184 Å². The van der Waals surface area contributed by atoms with E-state index in [9.17, 15) is 0 Å². The number of amidine groups is 1. The van der Waals surface area contributed by atoms with Crippen LogP contribution in [0.5, 0.6) is 0 Å². The predicted octanol–water partition coefficient (Wildman–Crippen LogP) is 1.63. The van der Waals surface area contributed by atoms with Crippen molar-refractivity contribution in [1.82, 2.24) is 25.5 Å². The van der Waals surface area contributed by atoms with Crippen molar-refractivity contribution >= 4 is 11.7 Å². The second kappa shape index (κ2) is 10.7. The molecule has 2 aromatic rings. The molecular formula is C23H33N7O. The molecule has 1 atom stereocenters. The molecule has 0 radical (unpaired) electrons. The van der Waals surface area contributed by atoms with Gasteiger partial charge in [0.05, 0.1) is 6.10 Å². The smallest absolute Gasteiger partial charge is 0.144 e. The minimum Gasteiger partial charge on any atom is -0.378 e. The summed E-state index contributed by atoms with van der Waals surface area (Å²) >= 11 is 0. The van der Waals surface area contributed by atoms with Crippen LogP contribution in [0.15, 0.2) is 36.7 Å². The summed E-state index contributed by atoms with van der Waals surface area (Å²) in [4.78, 5) is 11.0. The molecule has 0 aliphatic carbocycles. The van der Waals surface area contributed by atoms with Gasteiger partial charge in [-0.25, -0.2) is 9.97 Å². The second-order valence-electron chi connectivity index (χ2n) is 8.32. The fourth-order valence-corrected chi connectivity index (χ4v) is 4.28. The summed E-state index contributed by atoms with van der Waals surface area (Å²) in [6.07, 6.45) is 4.74. The third-order valence-electron chi connectivity index (χ3n) is 6.13. The average Bonchev–Trinajstić information content (AvgIpc) is 2.82. The molecule has 0 bridgehead atoms. The number of methoxy groups -OCH3 is 1. The van der Waals surface area contributed by atoms with Gasteiger partial charge < -0.3 is 20.7 Å². The maximum Gasteiger partial charge on any atom is 0.144 e. The van der Waals surface area contributed by atoms with Gasteiger partial charge in [0.2, 0.25) is 0 Å². The number of nitrogens with one attached hydrogen (secondary N) is 4. The number of benzene rings is 1. The molecule has 2 aliphatic rings. The quantitative estimate of drug-likeness (QED) is 0.378. The molecule has 1 fully saturated rings. The molecule has 166 valence electrons. The molecule has 8 nitrogen and oxygen atoms in total. The zero-order valence-corrected chi connectivity index (χ0v) is 18.2. The summed E-state index contributed by atoms with van der Waals surface area (Å²) in [5, 5.41) is 18.4. The Bertz CT molecular complexity index is 869. The van der Waals surface area contributed by atoms with Crippen LogP contribution < -0.4 is 16.0 Å². The van der Waals surface area contributed by atoms with Crippen LogP contribution in [0.3, 0.4) is 0 Å². The lowest BCUT2D eigenvalue weighted by molar-refractivity contribution is 0.0624. The molecule has 1 unspecified atom stereocenters. The van der Waals surface area contributed by atoms with Crippen LogP contribution in [0.25, 0.3) is 0 Å². The van der Waals surface area contributed by atoms with Gasteiger partial charge in [0, 0.05) is 45.4 Å². The molecule has 1 aromatic carbocycles. The summed E-state index contributed by atoms with van der Waals surface area (Å²) in [5.74, 6) is 1.07. The van der Waals surface area contributed by atoms with Gasteiger partial charge in [-0.15, -0.1) is 0 Å². The van der Waals surface area contributed by atoms with Crippen molar-refractivity contribution in [1.29, 1.82) is 5.41 Å². The lowest BCUT2D eigenvalue weighted by atomic mass is 10.00. The Morgan fingerprint density at radius 2 is 2.06 bits per heavy atom. The lowest BCUT2D eigenvalue weighted by Crippen LogP contribution is -2.43. The van der Waals surface area contributed by atoms with Gasteiger partial charge in [0.25, 0.3) is 0 Å². The van der Waals surface area contributed by atoms with Gasteiger partial charge in [-0.2, -0.15) is 0 Å². The van der Waals surface area contributed by atoms with Gasteiger partial charge in [0.15, 0.2) is 0 Å². The van der Waals surface area contributed by atoms with Gasteiger partial charge in [-0.05, 0) is 43.5 Å². The summed E-state index contributed by atoms with van der Waals surface area (Å²) < 4.78 is 5.70.